The number of carbonyl (C=O) groups excluding carboxylic acids is 2. The number of hydrogen-bond donors (Lipinski definition) is 4. The Hall–Kier alpha value is -2.61. The second kappa shape index (κ2) is 8.54. The van der Waals surface area contributed by atoms with Crippen LogP contribution in [0.1, 0.15) is 5.56 Å². The zero-order valence-electron chi connectivity index (χ0n) is 11.1. The monoisotopic (exact) mass is 296 g/mol. The maximum Gasteiger partial charge on any atom is 0.407 e. The summed E-state index contributed by atoms with van der Waals surface area (Å²) in [5.41, 5.74) is 0.795. The molecule has 1 rings (SSSR count). The van der Waals surface area contributed by atoms with Gasteiger partial charge >= 0.3 is 12.1 Å². The van der Waals surface area contributed by atoms with E-state index in [1.807, 2.05) is 11.4 Å². The first-order valence-corrected chi connectivity index (χ1v) is 6.10. The number of hydrogen-bond acceptors (Lipinski definition) is 5. The number of ether oxygens (including phenoxy) is 1. The van der Waals surface area contributed by atoms with Crippen molar-refractivity contribution in [3.63, 3.8) is 0 Å². The molecule has 0 aromatic heterocycles. The van der Waals surface area contributed by atoms with E-state index in [1.165, 1.54) is 0 Å². The minimum Gasteiger partial charge on any atom is -0.480 e. The lowest BCUT2D eigenvalue weighted by Crippen LogP contribution is -2.47. The SMILES string of the molecule is O=C(CNC(=O)OCc1ccccc1)NC(CO)C(=O)O. The Morgan fingerprint density at radius 3 is 2.43 bits per heavy atom. The van der Waals surface area contributed by atoms with E-state index in [-0.39, 0.29) is 6.61 Å². The number of benzene rings is 1. The molecular weight excluding hydrogens is 280 g/mol. The van der Waals surface area contributed by atoms with Crippen molar-refractivity contribution in [1.29, 1.82) is 0 Å². The minimum absolute atomic E-state index is 0.0582. The third-order valence-corrected chi connectivity index (χ3v) is 2.42. The second-order valence-corrected chi connectivity index (χ2v) is 4.06. The smallest absolute Gasteiger partial charge is 0.407 e. The molecule has 0 saturated heterocycles. The van der Waals surface area contributed by atoms with E-state index in [4.69, 9.17) is 14.9 Å². The van der Waals surface area contributed by atoms with Crippen molar-refractivity contribution in [2.75, 3.05) is 13.2 Å². The van der Waals surface area contributed by atoms with Crippen LogP contribution in [0.25, 0.3) is 0 Å². The summed E-state index contributed by atoms with van der Waals surface area (Å²) in [5.74, 6) is -2.11. The van der Waals surface area contributed by atoms with E-state index in [0.717, 1.165) is 5.56 Å². The molecule has 0 heterocycles. The molecule has 8 heteroatoms. The maximum absolute atomic E-state index is 11.3. The average molecular weight is 296 g/mol. The Morgan fingerprint density at radius 2 is 1.86 bits per heavy atom. The minimum atomic E-state index is -1.40. The number of aliphatic hydroxyl groups excluding tert-OH is 1. The predicted octanol–water partition coefficient (Wildman–Crippen LogP) is -0.526. The number of aliphatic carboxylic acids is 1. The van der Waals surface area contributed by atoms with Gasteiger partial charge in [0.1, 0.15) is 19.2 Å². The number of carboxylic acids is 1. The summed E-state index contributed by atoms with van der Waals surface area (Å²) in [5, 5.41) is 21.6. The largest absolute Gasteiger partial charge is 0.480 e. The normalized spacial score (nSPS) is 11.3. The number of nitrogens with one attached hydrogen (secondary N) is 2. The summed E-state index contributed by atoms with van der Waals surface area (Å²) in [6.45, 7) is -1.13. The summed E-state index contributed by atoms with van der Waals surface area (Å²) in [6.07, 6.45) is -0.801. The molecule has 0 saturated carbocycles. The van der Waals surface area contributed by atoms with Gasteiger partial charge in [0.15, 0.2) is 0 Å². The fraction of sp³-hybridized carbons (Fsp3) is 0.308. The molecular formula is C13H16N2O6. The molecule has 2 amide bonds. The first-order valence-electron chi connectivity index (χ1n) is 6.10. The van der Waals surface area contributed by atoms with Crippen molar-refractivity contribution in [2.24, 2.45) is 0 Å². The van der Waals surface area contributed by atoms with E-state index in [1.54, 1.807) is 24.3 Å². The van der Waals surface area contributed by atoms with Gasteiger partial charge in [-0.15, -0.1) is 0 Å². The van der Waals surface area contributed by atoms with Gasteiger partial charge in [0.05, 0.1) is 6.61 Å². The molecule has 0 aliphatic carbocycles. The molecule has 1 unspecified atom stereocenters. The van der Waals surface area contributed by atoms with Crippen LogP contribution in [0.3, 0.4) is 0 Å². The zero-order valence-corrected chi connectivity index (χ0v) is 11.1. The molecule has 0 radical (unpaired) electrons. The van der Waals surface area contributed by atoms with Crippen LogP contribution in [-0.4, -0.2) is 47.4 Å². The molecule has 21 heavy (non-hydrogen) atoms. The van der Waals surface area contributed by atoms with E-state index in [9.17, 15) is 14.4 Å². The van der Waals surface area contributed by atoms with Crippen molar-refractivity contribution in [1.82, 2.24) is 10.6 Å². The van der Waals surface area contributed by atoms with Crippen molar-refractivity contribution >= 4 is 18.0 Å². The number of rotatable bonds is 7. The molecule has 4 N–H and O–H groups in total. The number of aliphatic hydroxyl groups is 1. The van der Waals surface area contributed by atoms with Gasteiger partial charge in [-0.2, -0.15) is 0 Å². The quantitative estimate of drug-likeness (QED) is 0.536. The molecule has 8 nitrogen and oxygen atoms in total. The Morgan fingerprint density at radius 1 is 1.19 bits per heavy atom. The van der Waals surface area contributed by atoms with Gasteiger partial charge in [-0.05, 0) is 5.56 Å². The lowest BCUT2D eigenvalue weighted by atomic mass is 10.2. The Labute approximate surface area is 120 Å². The van der Waals surface area contributed by atoms with E-state index in [2.05, 4.69) is 5.32 Å². The first-order chi connectivity index (χ1) is 10.0. The molecule has 0 spiro atoms. The van der Waals surface area contributed by atoms with Crippen LogP contribution in [0.4, 0.5) is 4.79 Å². The molecule has 114 valence electrons. The Balaban J connectivity index is 2.26. The van der Waals surface area contributed by atoms with Crippen LogP contribution < -0.4 is 10.6 Å². The van der Waals surface area contributed by atoms with Gasteiger partial charge in [-0.3, -0.25) is 4.79 Å². The number of carbonyl (C=O) groups is 3. The average Bonchev–Trinajstić information content (AvgIpc) is 2.49. The van der Waals surface area contributed by atoms with Gasteiger partial charge < -0.3 is 25.6 Å². The molecule has 1 atom stereocenters. The maximum atomic E-state index is 11.3. The molecule has 0 aliphatic rings. The lowest BCUT2D eigenvalue weighted by molar-refractivity contribution is -0.142. The van der Waals surface area contributed by atoms with E-state index < -0.39 is 37.2 Å². The highest BCUT2D eigenvalue weighted by Gasteiger charge is 2.18. The fourth-order valence-electron chi connectivity index (χ4n) is 1.36. The van der Waals surface area contributed by atoms with Gasteiger partial charge in [0.25, 0.3) is 0 Å². The van der Waals surface area contributed by atoms with Crippen LogP contribution in [0, 0.1) is 0 Å². The third kappa shape index (κ3) is 6.39. The Bertz CT molecular complexity index is 491. The van der Waals surface area contributed by atoms with Crippen LogP contribution in [0.15, 0.2) is 30.3 Å². The molecule has 1 aromatic carbocycles. The highest BCUT2D eigenvalue weighted by Crippen LogP contribution is 2.00. The molecule has 1 aromatic rings. The zero-order chi connectivity index (χ0) is 15.7. The van der Waals surface area contributed by atoms with Crippen LogP contribution >= 0.6 is 0 Å². The van der Waals surface area contributed by atoms with Crippen molar-refractivity contribution in [2.45, 2.75) is 12.6 Å². The molecule has 0 fully saturated rings. The highest BCUT2D eigenvalue weighted by molar-refractivity contribution is 5.86. The fourth-order valence-corrected chi connectivity index (χ4v) is 1.36. The first kappa shape index (κ1) is 16.4. The lowest BCUT2D eigenvalue weighted by Gasteiger charge is -2.12. The highest BCUT2D eigenvalue weighted by atomic mass is 16.5. The second-order valence-electron chi connectivity index (χ2n) is 4.06. The predicted molar refractivity (Wildman–Crippen MR) is 71.3 cm³/mol. The number of carboxylic acid groups (broad SMARTS) is 1. The summed E-state index contributed by atoms with van der Waals surface area (Å²) in [7, 11) is 0. The van der Waals surface area contributed by atoms with Crippen molar-refractivity contribution < 1.29 is 29.3 Å². The summed E-state index contributed by atoms with van der Waals surface area (Å²) in [6, 6.07) is 7.57. The van der Waals surface area contributed by atoms with Crippen LogP contribution in [0.2, 0.25) is 0 Å². The standard InChI is InChI=1S/C13H16N2O6/c16-7-10(12(18)19)15-11(17)6-14-13(20)21-8-9-4-2-1-3-5-9/h1-5,10,16H,6-8H2,(H,14,20)(H,15,17)(H,18,19). The van der Waals surface area contributed by atoms with Gasteiger partial charge in [-0.1, -0.05) is 30.3 Å². The van der Waals surface area contributed by atoms with E-state index in [0.29, 0.717) is 0 Å². The number of alkyl carbamates (subject to hydrolysis) is 1. The molecule has 0 bridgehead atoms. The van der Waals surface area contributed by atoms with E-state index >= 15 is 0 Å². The summed E-state index contributed by atoms with van der Waals surface area (Å²) in [4.78, 5) is 33.2. The molecule has 0 aliphatic heterocycles. The summed E-state index contributed by atoms with van der Waals surface area (Å²) < 4.78 is 4.86. The summed E-state index contributed by atoms with van der Waals surface area (Å²) >= 11 is 0. The van der Waals surface area contributed by atoms with Crippen molar-refractivity contribution in [3.8, 4) is 0 Å². The Kier molecular flexibility index (Phi) is 6.69. The third-order valence-electron chi connectivity index (χ3n) is 2.42. The van der Waals surface area contributed by atoms with Crippen LogP contribution in [0.5, 0.6) is 0 Å². The van der Waals surface area contributed by atoms with Gasteiger partial charge in [0, 0.05) is 0 Å². The topological polar surface area (TPSA) is 125 Å². The van der Waals surface area contributed by atoms with Gasteiger partial charge in [0.2, 0.25) is 5.91 Å². The van der Waals surface area contributed by atoms with Crippen LogP contribution in [-0.2, 0) is 20.9 Å². The number of amides is 2. The van der Waals surface area contributed by atoms with Crippen molar-refractivity contribution in [3.05, 3.63) is 35.9 Å². The van der Waals surface area contributed by atoms with Gasteiger partial charge in [-0.25, -0.2) is 9.59 Å².